The number of nitrogens with one attached hydrogen (secondary N) is 1. The summed E-state index contributed by atoms with van der Waals surface area (Å²) in [4.78, 5) is 31.0. The molecule has 0 saturated heterocycles. The van der Waals surface area contributed by atoms with Crippen LogP contribution in [0.15, 0.2) is 89.9 Å². The van der Waals surface area contributed by atoms with Gasteiger partial charge in [0, 0.05) is 25.0 Å². The van der Waals surface area contributed by atoms with Crippen LogP contribution >= 0.6 is 0 Å². The average molecular weight is 398 g/mol. The maximum Gasteiger partial charge on any atom is 0.269 e. The predicted molar refractivity (Wildman–Crippen MR) is 120 cm³/mol. The van der Waals surface area contributed by atoms with Crippen molar-refractivity contribution in [1.29, 1.82) is 0 Å². The molecule has 1 N–H and O–H groups in total. The molecule has 0 bridgehead atoms. The van der Waals surface area contributed by atoms with Crippen LogP contribution in [0.3, 0.4) is 0 Å². The van der Waals surface area contributed by atoms with Gasteiger partial charge in [-0.05, 0) is 42.0 Å². The van der Waals surface area contributed by atoms with E-state index in [1.54, 1.807) is 6.07 Å². The molecule has 4 aromatic rings. The van der Waals surface area contributed by atoms with Crippen molar-refractivity contribution >= 4 is 28.3 Å². The molecule has 0 aliphatic rings. The highest BCUT2D eigenvalue weighted by atomic mass is 16.2. The summed E-state index contributed by atoms with van der Waals surface area (Å²) in [6, 6.07) is 25.2. The highest BCUT2D eigenvalue weighted by Gasteiger charge is 2.10. The molecular weight excluding hydrogens is 376 g/mol. The number of nitrogens with zero attached hydrogens (tertiary/aromatic N) is 3. The summed E-state index contributed by atoms with van der Waals surface area (Å²) < 4.78 is 1.43. The fourth-order valence-electron chi connectivity index (χ4n) is 3.37. The highest BCUT2D eigenvalue weighted by molar-refractivity contribution is 5.91. The van der Waals surface area contributed by atoms with Gasteiger partial charge in [-0.2, -0.15) is 0 Å². The summed E-state index contributed by atoms with van der Waals surface area (Å²) in [5, 5.41) is 2.86. The van der Waals surface area contributed by atoms with Crippen molar-refractivity contribution in [2.75, 3.05) is 17.3 Å². The third-order valence-electron chi connectivity index (χ3n) is 4.91. The molecule has 6 nitrogen and oxygen atoms in total. The number of benzene rings is 3. The number of aromatic nitrogens is 2. The lowest BCUT2D eigenvalue weighted by Crippen LogP contribution is -2.28. The van der Waals surface area contributed by atoms with Gasteiger partial charge in [0.1, 0.15) is 6.54 Å². The Morgan fingerprint density at radius 3 is 2.43 bits per heavy atom. The van der Waals surface area contributed by atoms with Gasteiger partial charge < -0.3 is 10.2 Å². The first-order valence-corrected chi connectivity index (χ1v) is 9.70. The quantitative estimate of drug-likeness (QED) is 0.538. The molecule has 3 aromatic carbocycles. The minimum Gasteiger partial charge on any atom is -0.370 e. The third kappa shape index (κ3) is 4.38. The molecule has 6 heteroatoms. The molecule has 0 saturated carbocycles. The summed E-state index contributed by atoms with van der Waals surface area (Å²) in [5.74, 6) is -0.265. The van der Waals surface area contributed by atoms with Crippen LogP contribution in [0.25, 0.3) is 11.0 Å². The number of hydrogen-bond donors (Lipinski definition) is 1. The number of fused-ring (bicyclic) bond motifs is 1. The number of para-hydroxylation sites is 2. The Bertz CT molecular complexity index is 1220. The van der Waals surface area contributed by atoms with Crippen molar-refractivity contribution in [2.24, 2.45) is 0 Å². The van der Waals surface area contributed by atoms with Crippen LogP contribution in [0.1, 0.15) is 5.56 Å². The van der Waals surface area contributed by atoms with Crippen LogP contribution in [0, 0.1) is 0 Å². The zero-order valence-corrected chi connectivity index (χ0v) is 16.7. The van der Waals surface area contributed by atoms with Crippen LogP contribution in [0.2, 0.25) is 0 Å². The van der Waals surface area contributed by atoms with Crippen molar-refractivity contribution in [3.63, 3.8) is 0 Å². The first kappa shape index (κ1) is 19.4. The van der Waals surface area contributed by atoms with Gasteiger partial charge in [-0.25, -0.2) is 4.98 Å². The Kier molecular flexibility index (Phi) is 5.57. The number of amides is 1. The summed E-state index contributed by atoms with van der Waals surface area (Å²) in [7, 11) is 2.03. The Hall–Kier alpha value is -3.93. The van der Waals surface area contributed by atoms with E-state index in [1.165, 1.54) is 16.3 Å². The molecule has 30 heavy (non-hydrogen) atoms. The molecule has 1 heterocycles. The van der Waals surface area contributed by atoms with Crippen molar-refractivity contribution < 1.29 is 4.79 Å². The van der Waals surface area contributed by atoms with E-state index in [-0.39, 0.29) is 18.0 Å². The fourth-order valence-corrected chi connectivity index (χ4v) is 3.37. The SMILES string of the molecule is CN(Cc1ccccc1)c1ccc(NC(=O)Cn2c(=O)cnc3ccccc32)cc1. The van der Waals surface area contributed by atoms with E-state index >= 15 is 0 Å². The van der Waals surface area contributed by atoms with Crippen molar-refractivity contribution in [1.82, 2.24) is 9.55 Å². The van der Waals surface area contributed by atoms with Crippen molar-refractivity contribution in [3.05, 3.63) is 101 Å². The molecule has 0 spiro atoms. The molecule has 150 valence electrons. The Balaban J connectivity index is 1.43. The lowest BCUT2D eigenvalue weighted by molar-refractivity contribution is -0.116. The van der Waals surface area contributed by atoms with Gasteiger partial charge in [0.05, 0.1) is 17.2 Å². The lowest BCUT2D eigenvalue weighted by Gasteiger charge is -2.20. The van der Waals surface area contributed by atoms with Crippen LogP contribution in [0.4, 0.5) is 11.4 Å². The zero-order valence-electron chi connectivity index (χ0n) is 16.7. The largest absolute Gasteiger partial charge is 0.370 e. The number of carbonyl (C=O) groups excluding carboxylic acids is 1. The maximum absolute atomic E-state index is 12.5. The van der Waals surface area contributed by atoms with Gasteiger partial charge in [0.2, 0.25) is 5.91 Å². The smallest absolute Gasteiger partial charge is 0.269 e. The van der Waals surface area contributed by atoms with E-state index in [1.807, 2.05) is 67.7 Å². The molecule has 0 aliphatic heterocycles. The molecule has 0 unspecified atom stereocenters. The van der Waals surface area contributed by atoms with Crippen LogP contribution < -0.4 is 15.8 Å². The Morgan fingerprint density at radius 2 is 1.67 bits per heavy atom. The number of hydrogen-bond acceptors (Lipinski definition) is 4. The maximum atomic E-state index is 12.5. The normalized spacial score (nSPS) is 10.7. The van der Waals surface area contributed by atoms with E-state index in [2.05, 4.69) is 27.3 Å². The first-order valence-electron chi connectivity index (χ1n) is 9.70. The summed E-state index contributed by atoms with van der Waals surface area (Å²) in [5.41, 5.74) is 3.97. The van der Waals surface area contributed by atoms with Gasteiger partial charge in [-0.1, -0.05) is 42.5 Å². The van der Waals surface area contributed by atoms with Gasteiger partial charge in [-0.15, -0.1) is 0 Å². The van der Waals surface area contributed by atoms with Gasteiger partial charge >= 0.3 is 0 Å². The minimum atomic E-state index is -0.304. The standard InChI is InChI=1S/C24H22N4O2/c1-27(16-18-7-3-2-4-8-18)20-13-11-19(12-14-20)26-23(29)17-28-22-10-6-5-9-21(22)25-15-24(28)30/h2-15H,16-17H2,1H3,(H,26,29). The van der Waals surface area contributed by atoms with Crippen LogP contribution in [-0.4, -0.2) is 22.5 Å². The van der Waals surface area contributed by atoms with Gasteiger partial charge in [0.15, 0.2) is 0 Å². The zero-order chi connectivity index (χ0) is 20.9. The van der Waals surface area contributed by atoms with E-state index in [4.69, 9.17) is 0 Å². The molecular formula is C24H22N4O2. The number of anilines is 2. The molecule has 1 amide bonds. The first-order chi connectivity index (χ1) is 14.6. The second-order valence-corrected chi connectivity index (χ2v) is 7.11. The number of rotatable bonds is 6. The fraction of sp³-hybridized carbons (Fsp3) is 0.125. The molecule has 1 aromatic heterocycles. The molecule has 0 fully saturated rings. The third-order valence-corrected chi connectivity index (χ3v) is 4.91. The van der Waals surface area contributed by atoms with Crippen LogP contribution in [-0.2, 0) is 17.9 Å². The minimum absolute atomic E-state index is 0.0719. The second-order valence-electron chi connectivity index (χ2n) is 7.11. The molecule has 4 rings (SSSR count). The Morgan fingerprint density at radius 1 is 0.967 bits per heavy atom. The second kappa shape index (κ2) is 8.61. The summed E-state index contributed by atoms with van der Waals surface area (Å²) >= 11 is 0. The van der Waals surface area contributed by atoms with Crippen molar-refractivity contribution in [3.8, 4) is 0 Å². The average Bonchev–Trinajstić information content (AvgIpc) is 2.77. The van der Waals surface area contributed by atoms with E-state index in [0.717, 1.165) is 12.2 Å². The van der Waals surface area contributed by atoms with Crippen LogP contribution in [0.5, 0.6) is 0 Å². The molecule has 0 radical (unpaired) electrons. The topological polar surface area (TPSA) is 67.2 Å². The van der Waals surface area contributed by atoms with Gasteiger partial charge in [-0.3, -0.25) is 14.2 Å². The molecule has 0 aliphatic carbocycles. The summed E-state index contributed by atoms with van der Waals surface area (Å²) in [6.45, 7) is 0.724. The lowest BCUT2D eigenvalue weighted by atomic mass is 10.2. The van der Waals surface area contributed by atoms with E-state index in [9.17, 15) is 9.59 Å². The monoisotopic (exact) mass is 398 g/mol. The highest BCUT2D eigenvalue weighted by Crippen LogP contribution is 2.19. The molecule has 0 atom stereocenters. The van der Waals surface area contributed by atoms with Gasteiger partial charge in [0.25, 0.3) is 5.56 Å². The Labute approximate surface area is 174 Å². The van der Waals surface area contributed by atoms with E-state index in [0.29, 0.717) is 16.7 Å². The van der Waals surface area contributed by atoms with E-state index < -0.39 is 0 Å². The summed E-state index contributed by atoms with van der Waals surface area (Å²) in [6.07, 6.45) is 1.24. The predicted octanol–water partition coefficient (Wildman–Crippen LogP) is 3.67. The van der Waals surface area contributed by atoms with Crippen molar-refractivity contribution in [2.45, 2.75) is 13.1 Å². The number of carbonyl (C=O) groups is 1.